The molecule has 148 valence electrons. The van der Waals surface area contributed by atoms with Crippen LogP contribution in [0.25, 0.3) is 0 Å². The van der Waals surface area contributed by atoms with E-state index in [-0.39, 0.29) is 0 Å². The third-order valence-electron chi connectivity index (χ3n) is 5.34. The van der Waals surface area contributed by atoms with Gasteiger partial charge in [-0.15, -0.1) is 11.3 Å². The number of aliphatic imine (C=N–C) groups is 1. The largest absolute Gasteiger partial charge is 0.363 e. The van der Waals surface area contributed by atoms with Crippen molar-refractivity contribution in [3.8, 4) is 0 Å². The van der Waals surface area contributed by atoms with Crippen molar-refractivity contribution in [2.45, 2.75) is 52.1 Å². The van der Waals surface area contributed by atoms with Gasteiger partial charge >= 0.3 is 0 Å². The highest BCUT2D eigenvalue weighted by molar-refractivity contribution is 7.14. The highest BCUT2D eigenvalue weighted by atomic mass is 32.1. The molecule has 3 heterocycles. The monoisotopic (exact) mass is 388 g/mol. The lowest BCUT2D eigenvalue weighted by atomic mass is 10.1. The lowest BCUT2D eigenvalue weighted by Gasteiger charge is -2.33. The fourth-order valence-corrected chi connectivity index (χ4v) is 4.63. The summed E-state index contributed by atoms with van der Waals surface area (Å²) in [4.78, 5) is 6.92. The van der Waals surface area contributed by atoms with Gasteiger partial charge in [-0.1, -0.05) is 13.8 Å². The number of anilines is 1. The summed E-state index contributed by atoms with van der Waals surface area (Å²) >= 11 is 1.83. The standard InChI is InChI=1S/C20H32N6S/c1-5-17-16(18(6-2)25(4)24-17)14-22-20(21-3)23-15-9-11-26(12-10-15)19-8-7-13-27-19/h7-8,13,15H,5-6,9-12,14H2,1-4H3,(H2,21,22,23). The molecule has 2 aromatic rings. The van der Waals surface area contributed by atoms with Gasteiger partial charge in [-0.2, -0.15) is 5.10 Å². The van der Waals surface area contributed by atoms with Gasteiger partial charge in [-0.3, -0.25) is 9.67 Å². The van der Waals surface area contributed by atoms with E-state index in [4.69, 9.17) is 0 Å². The Hall–Kier alpha value is -2.02. The number of nitrogens with zero attached hydrogens (tertiary/aromatic N) is 4. The predicted molar refractivity (Wildman–Crippen MR) is 115 cm³/mol. The molecule has 1 aliphatic rings. The smallest absolute Gasteiger partial charge is 0.191 e. The maximum atomic E-state index is 4.66. The van der Waals surface area contributed by atoms with Crippen molar-refractivity contribution in [1.29, 1.82) is 0 Å². The molecule has 0 spiro atoms. The quantitative estimate of drug-likeness (QED) is 0.590. The van der Waals surface area contributed by atoms with Crippen LogP contribution in [0.5, 0.6) is 0 Å². The van der Waals surface area contributed by atoms with E-state index in [1.807, 2.05) is 30.1 Å². The second kappa shape index (κ2) is 9.26. The number of nitrogens with one attached hydrogen (secondary N) is 2. The summed E-state index contributed by atoms with van der Waals surface area (Å²) < 4.78 is 2.02. The van der Waals surface area contributed by atoms with Crippen LogP contribution in [0, 0.1) is 0 Å². The number of hydrogen-bond donors (Lipinski definition) is 2. The Kier molecular flexibility index (Phi) is 6.77. The van der Waals surface area contributed by atoms with Crippen molar-refractivity contribution in [2.75, 3.05) is 25.0 Å². The number of hydrogen-bond acceptors (Lipinski definition) is 4. The molecule has 2 N–H and O–H groups in total. The lowest BCUT2D eigenvalue weighted by molar-refractivity contribution is 0.462. The molecule has 0 aromatic carbocycles. The first-order chi connectivity index (χ1) is 13.2. The molecule has 1 saturated heterocycles. The Labute approximate surface area is 166 Å². The number of aryl methyl sites for hydroxylation is 2. The molecule has 0 saturated carbocycles. The minimum absolute atomic E-state index is 0.470. The average Bonchev–Trinajstić information content (AvgIpc) is 3.33. The van der Waals surface area contributed by atoms with E-state index >= 15 is 0 Å². The molecule has 0 aliphatic carbocycles. The Balaban J connectivity index is 1.53. The van der Waals surface area contributed by atoms with Crippen LogP contribution < -0.4 is 15.5 Å². The number of aromatic nitrogens is 2. The van der Waals surface area contributed by atoms with Crippen LogP contribution in [0.3, 0.4) is 0 Å². The maximum absolute atomic E-state index is 4.66. The summed E-state index contributed by atoms with van der Waals surface area (Å²) in [5.41, 5.74) is 3.80. The van der Waals surface area contributed by atoms with Gasteiger partial charge in [0.2, 0.25) is 0 Å². The van der Waals surface area contributed by atoms with Crippen molar-refractivity contribution in [1.82, 2.24) is 20.4 Å². The topological polar surface area (TPSA) is 57.5 Å². The molecular formula is C20H32N6S. The van der Waals surface area contributed by atoms with Crippen LogP contribution in [-0.2, 0) is 26.4 Å². The van der Waals surface area contributed by atoms with Gasteiger partial charge in [0.15, 0.2) is 5.96 Å². The fourth-order valence-electron chi connectivity index (χ4n) is 3.85. The van der Waals surface area contributed by atoms with Gasteiger partial charge in [0, 0.05) is 51.0 Å². The molecule has 1 fully saturated rings. The molecular weight excluding hydrogens is 356 g/mol. The summed E-state index contributed by atoms with van der Waals surface area (Å²) in [6, 6.07) is 4.81. The van der Waals surface area contributed by atoms with Crippen LogP contribution in [0.1, 0.15) is 43.6 Å². The van der Waals surface area contributed by atoms with Crippen molar-refractivity contribution in [3.63, 3.8) is 0 Å². The van der Waals surface area contributed by atoms with E-state index in [1.165, 1.54) is 22.0 Å². The highest BCUT2D eigenvalue weighted by Gasteiger charge is 2.21. The molecule has 1 aliphatic heterocycles. The van der Waals surface area contributed by atoms with Gasteiger partial charge in [-0.05, 0) is 43.2 Å². The number of guanidine groups is 1. The zero-order valence-electron chi connectivity index (χ0n) is 17.0. The molecule has 0 radical (unpaired) electrons. The minimum Gasteiger partial charge on any atom is -0.363 e. The third kappa shape index (κ3) is 4.64. The second-order valence-corrected chi connectivity index (χ2v) is 7.91. The Morgan fingerprint density at radius 2 is 2.07 bits per heavy atom. The Morgan fingerprint density at radius 1 is 1.30 bits per heavy atom. The summed E-state index contributed by atoms with van der Waals surface area (Å²) in [7, 11) is 3.89. The normalized spacial score (nSPS) is 16.0. The average molecular weight is 389 g/mol. The van der Waals surface area contributed by atoms with Crippen LogP contribution in [0.4, 0.5) is 5.00 Å². The SMILES string of the molecule is CCc1nn(C)c(CC)c1CNC(=NC)NC1CCN(c2cccs2)CC1. The van der Waals surface area contributed by atoms with Crippen molar-refractivity contribution in [2.24, 2.45) is 12.0 Å². The third-order valence-corrected chi connectivity index (χ3v) is 6.27. The van der Waals surface area contributed by atoms with Gasteiger partial charge in [-0.25, -0.2) is 0 Å². The summed E-state index contributed by atoms with van der Waals surface area (Å²) in [5.74, 6) is 0.887. The molecule has 27 heavy (non-hydrogen) atoms. The zero-order chi connectivity index (χ0) is 19.2. The summed E-state index contributed by atoms with van der Waals surface area (Å²) in [6.45, 7) is 7.32. The lowest BCUT2D eigenvalue weighted by Crippen LogP contribution is -2.48. The first kappa shape index (κ1) is 19.7. The van der Waals surface area contributed by atoms with E-state index in [0.717, 1.165) is 51.3 Å². The van der Waals surface area contributed by atoms with Crippen molar-refractivity contribution < 1.29 is 0 Å². The first-order valence-electron chi connectivity index (χ1n) is 9.95. The summed E-state index contributed by atoms with van der Waals surface area (Å²) in [5, 5.41) is 15.3. The van der Waals surface area contributed by atoms with E-state index in [2.05, 4.69) is 57.0 Å². The van der Waals surface area contributed by atoms with E-state index < -0.39 is 0 Å². The minimum atomic E-state index is 0.470. The molecule has 0 amide bonds. The predicted octanol–water partition coefficient (Wildman–Crippen LogP) is 2.94. The number of piperidine rings is 1. The van der Waals surface area contributed by atoms with E-state index in [0.29, 0.717) is 6.04 Å². The molecule has 7 heteroatoms. The Bertz CT molecular complexity index is 741. The first-order valence-corrected chi connectivity index (χ1v) is 10.8. The van der Waals surface area contributed by atoms with E-state index in [1.54, 1.807) is 0 Å². The van der Waals surface area contributed by atoms with Gasteiger partial charge in [0.25, 0.3) is 0 Å². The Morgan fingerprint density at radius 3 is 2.67 bits per heavy atom. The van der Waals surface area contributed by atoms with Crippen molar-refractivity contribution >= 4 is 22.3 Å². The van der Waals surface area contributed by atoms with Gasteiger partial charge in [0.1, 0.15) is 0 Å². The van der Waals surface area contributed by atoms with Crippen molar-refractivity contribution in [3.05, 3.63) is 34.5 Å². The zero-order valence-corrected chi connectivity index (χ0v) is 17.8. The van der Waals surface area contributed by atoms with Gasteiger partial charge < -0.3 is 15.5 Å². The highest BCUT2D eigenvalue weighted by Crippen LogP contribution is 2.24. The van der Waals surface area contributed by atoms with Crippen LogP contribution in [-0.4, -0.2) is 41.9 Å². The van der Waals surface area contributed by atoms with Gasteiger partial charge in [0.05, 0.1) is 10.7 Å². The van der Waals surface area contributed by atoms with Crippen LogP contribution >= 0.6 is 11.3 Å². The second-order valence-electron chi connectivity index (χ2n) is 6.99. The molecule has 0 bridgehead atoms. The summed E-state index contributed by atoms with van der Waals surface area (Å²) in [6.07, 6.45) is 4.21. The van der Waals surface area contributed by atoms with E-state index in [9.17, 15) is 0 Å². The fraction of sp³-hybridized carbons (Fsp3) is 0.600. The molecule has 6 nitrogen and oxygen atoms in total. The molecule has 3 rings (SSSR count). The van der Waals surface area contributed by atoms with Crippen LogP contribution in [0.15, 0.2) is 22.5 Å². The number of rotatable bonds is 6. The van der Waals surface area contributed by atoms with Crippen LogP contribution in [0.2, 0.25) is 0 Å². The number of thiophene rings is 1. The molecule has 0 atom stereocenters. The molecule has 0 unspecified atom stereocenters. The maximum Gasteiger partial charge on any atom is 0.191 e. The molecule has 2 aromatic heterocycles.